The summed E-state index contributed by atoms with van der Waals surface area (Å²) in [7, 11) is 0. The Balaban J connectivity index is 2.05. The maximum absolute atomic E-state index is 12.1. The number of Topliss-reactive ketones (excluding diaryl/α,β-unsaturated/α-hetero) is 1. The maximum atomic E-state index is 12.1. The Morgan fingerprint density at radius 1 is 1.22 bits per heavy atom. The van der Waals surface area contributed by atoms with E-state index in [0.29, 0.717) is 5.75 Å². The predicted molar refractivity (Wildman–Crippen MR) is 76.5 cm³/mol. The summed E-state index contributed by atoms with van der Waals surface area (Å²) in [4.78, 5) is 16.5. The number of carbonyl (C=O) groups excluding carboxylic acids is 1. The molecule has 0 amide bonds. The molecule has 0 saturated carbocycles. The molecule has 18 heavy (non-hydrogen) atoms. The number of thioether (sulfide) groups is 1. The van der Waals surface area contributed by atoms with Crippen molar-refractivity contribution in [3.8, 4) is 0 Å². The number of aromatic nitrogens is 1. The molecule has 94 valence electrons. The minimum Gasteiger partial charge on any atom is -0.362 e. The van der Waals surface area contributed by atoms with Crippen LogP contribution in [0.5, 0.6) is 0 Å². The van der Waals surface area contributed by atoms with Crippen LogP contribution in [-0.2, 0) is 0 Å². The summed E-state index contributed by atoms with van der Waals surface area (Å²) in [5.41, 5.74) is 4.03. The van der Waals surface area contributed by atoms with Gasteiger partial charge in [-0.1, -0.05) is 18.2 Å². The largest absolute Gasteiger partial charge is 0.362 e. The van der Waals surface area contributed by atoms with E-state index in [1.165, 1.54) is 10.5 Å². The van der Waals surface area contributed by atoms with Gasteiger partial charge < -0.3 is 4.98 Å². The Kier molecular flexibility index (Phi) is 3.92. The molecule has 0 unspecified atom stereocenters. The van der Waals surface area contributed by atoms with Crippen LogP contribution in [0.4, 0.5) is 0 Å². The number of hydrogen-bond acceptors (Lipinski definition) is 2. The first-order chi connectivity index (χ1) is 8.58. The van der Waals surface area contributed by atoms with Crippen LogP contribution in [0.1, 0.15) is 27.3 Å². The van der Waals surface area contributed by atoms with Crippen LogP contribution in [0, 0.1) is 20.8 Å². The van der Waals surface area contributed by atoms with Gasteiger partial charge in [-0.25, -0.2) is 0 Å². The summed E-state index contributed by atoms with van der Waals surface area (Å²) in [6.07, 6.45) is 0. The highest BCUT2D eigenvalue weighted by Gasteiger charge is 2.12. The van der Waals surface area contributed by atoms with Crippen LogP contribution in [0.25, 0.3) is 0 Å². The summed E-state index contributed by atoms with van der Waals surface area (Å²) < 4.78 is 0. The lowest BCUT2D eigenvalue weighted by atomic mass is 10.2. The summed E-state index contributed by atoms with van der Waals surface area (Å²) in [5.74, 6) is 0.674. The first-order valence-corrected chi connectivity index (χ1v) is 6.94. The molecule has 2 nitrogen and oxygen atoms in total. The molecule has 2 rings (SSSR count). The highest BCUT2D eigenvalue weighted by molar-refractivity contribution is 8.00. The lowest BCUT2D eigenvalue weighted by Gasteiger charge is -2.04. The zero-order valence-electron chi connectivity index (χ0n) is 10.9. The maximum Gasteiger partial charge on any atom is 0.174 e. The second-order valence-electron chi connectivity index (χ2n) is 4.47. The van der Waals surface area contributed by atoms with Gasteiger partial charge in [0.2, 0.25) is 0 Å². The molecule has 0 fully saturated rings. The van der Waals surface area contributed by atoms with Crippen molar-refractivity contribution in [2.24, 2.45) is 0 Å². The highest BCUT2D eigenvalue weighted by Crippen LogP contribution is 2.23. The Hall–Kier alpha value is -1.48. The zero-order chi connectivity index (χ0) is 13.1. The molecule has 1 aromatic heterocycles. The molecule has 1 aromatic carbocycles. The van der Waals surface area contributed by atoms with Crippen molar-refractivity contribution in [1.29, 1.82) is 0 Å². The molecule has 2 aromatic rings. The molecule has 0 aliphatic rings. The molecule has 1 N–H and O–H groups in total. The van der Waals surface area contributed by atoms with E-state index >= 15 is 0 Å². The third-order valence-corrected chi connectivity index (χ3v) is 4.08. The molecule has 0 aliphatic carbocycles. The van der Waals surface area contributed by atoms with Gasteiger partial charge in [-0.05, 0) is 38.5 Å². The molecule has 0 saturated heterocycles. The Labute approximate surface area is 112 Å². The minimum atomic E-state index is 0.185. The van der Waals surface area contributed by atoms with Gasteiger partial charge in [0.25, 0.3) is 0 Å². The number of carbonyl (C=O) groups is 1. The second-order valence-corrected chi connectivity index (χ2v) is 5.49. The van der Waals surface area contributed by atoms with Crippen molar-refractivity contribution in [1.82, 2.24) is 4.98 Å². The molecule has 0 atom stereocenters. The lowest BCUT2D eigenvalue weighted by Crippen LogP contribution is -2.03. The number of nitrogens with one attached hydrogen (secondary N) is 1. The number of aromatic amines is 1. The number of ketones is 1. The molecule has 3 heteroatoms. The van der Waals surface area contributed by atoms with Gasteiger partial charge in [0, 0.05) is 21.8 Å². The number of rotatable bonds is 4. The average Bonchev–Trinajstić information content (AvgIpc) is 2.67. The second kappa shape index (κ2) is 5.44. The average molecular weight is 259 g/mol. The summed E-state index contributed by atoms with van der Waals surface area (Å²) in [6.45, 7) is 5.98. The Morgan fingerprint density at radius 3 is 2.56 bits per heavy atom. The molecule has 0 aliphatic heterocycles. The van der Waals surface area contributed by atoms with E-state index < -0.39 is 0 Å². The number of H-pyrrole nitrogens is 1. The molecular weight excluding hydrogens is 242 g/mol. The van der Waals surface area contributed by atoms with Gasteiger partial charge in [-0.15, -0.1) is 11.8 Å². The number of aryl methyl sites for hydroxylation is 3. The van der Waals surface area contributed by atoms with E-state index in [1.54, 1.807) is 11.8 Å². The number of benzene rings is 1. The highest BCUT2D eigenvalue weighted by atomic mass is 32.2. The van der Waals surface area contributed by atoms with Crippen LogP contribution < -0.4 is 0 Å². The summed E-state index contributed by atoms with van der Waals surface area (Å²) in [5, 5.41) is 0. The van der Waals surface area contributed by atoms with Gasteiger partial charge in [0.15, 0.2) is 5.78 Å². The van der Waals surface area contributed by atoms with Crippen LogP contribution in [0.2, 0.25) is 0 Å². The molecule has 0 radical (unpaired) electrons. The van der Waals surface area contributed by atoms with Gasteiger partial charge in [0.1, 0.15) is 0 Å². The van der Waals surface area contributed by atoms with Crippen molar-refractivity contribution >= 4 is 17.5 Å². The standard InChI is InChI=1S/C15H17NOS/c1-10-6-4-5-7-15(10)18-9-14(17)13-8-11(2)16-12(13)3/h4-8,16H,9H2,1-3H3. The van der Waals surface area contributed by atoms with Crippen LogP contribution >= 0.6 is 11.8 Å². The molecule has 0 bridgehead atoms. The molecule has 1 heterocycles. The molecule has 0 spiro atoms. The van der Waals surface area contributed by atoms with E-state index in [0.717, 1.165) is 17.0 Å². The van der Waals surface area contributed by atoms with E-state index in [9.17, 15) is 4.79 Å². The fraction of sp³-hybridized carbons (Fsp3) is 0.267. The van der Waals surface area contributed by atoms with Gasteiger partial charge in [-0.2, -0.15) is 0 Å². The van der Waals surface area contributed by atoms with Crippen molar-refractivity contribution in [3.05, 3.63) is 52.8 Å². The minimum absolute atomic E-state index is 0.185. The normalized spacial score (nSPS) is 10.6. The third-order valence-electron chi connectivity index (χ3n) is 2.90. The molecular formula is C15H17NOS. The zero-order valence-corrected chi connectivity index (χ0v) is 11.7. The first kappa shape index (κ1) is 13.0. The quantitative estimate of drug-likeness (QED) is 0.667. The smallest absolute Gasteiger partial charge is 0.174 e. The first-order valence-electron chi connectivity index (χ1n) is 5.96. The van der Waals surface area contributed by atoms with Crippen LogP contribution in [0.3, 0.4) is 0 Å². The third kappa shape index (κ3) is 2.85. The predicted octanol–water partition coefficient (Wildman–Crippen LogP) is 3.91. The Bertz CT molecular complexity index is 572. The van der Waals surface area contributed by atoms with E-state index in [1.807, 2.05) is 32.0 Å². The lowest BCUT2D eigenvalue weighted by molar-refractivity contribution is 0.102. The number of hydrogen-bond donors (Lipinski definition) is 1. The van der Waals surface area contributed by atoms with E-state index in [2.05, 4.69) is 24.0 Å². The van der Waals surface area contributed by atoms with Gasteiger partial charge in [-0.3, -0.25) is 4.79 Å². The van der Waals surface area contributed by atoms with E-state index in [-0.39, 0.29) is 5.78 Å². The van der Waals surface area contributed by atoms with Crippen molar-refractivity contribution in [3.63, 3.8) is 0 Å². The summed E-state index contributed by atoms with van der Waals surface area (Å²) in [6, 6.07) is 10.1. The van der Waals surface area contributed by atoms with Crippen molar-refractivity contribution in [2.75, 3.05) is 5.75 Å². The monoisotopic (exact) mass is 259 g/mol. The SMILES string of the molecule is Cc1cc(C(=O)CSc2ccccc2C)c(C)[nH]1. The van der Waals surface area contributed by atoms with Crippen LogP contribution in [-0.4, -0.2) is 16.5 Å². The van der Waals surface area contributed by atoms with Crippen molar-refractivity contribution in [2.45, 2.75) is 25.7 Å². The van der Waals surface area contributed by atoms with E-state index in [4.69, 9.17) is 0 Å². The fourth-order valence-electron chi connectivity index (χ4n) is 1.95. The van der Waals surface area contributed by atoms with Crippen LogP contribution in [0.15, 0.2) is 35.2 Å². The fourth-order valence-corrected chi connectivity index (χ4v) is 2.87. The van der Waals surface area contributed by atoms with Crippen molar-refractivity contribution < 1.29 is 4.79 Å². The van der Waals surface area contributed by atoms with Gasteiger partial charge >= 0.3 is 0 Å². The Morgan fingerprint density at radius 2 is 1.94 bits per heavy atom. The summed E-state index contributed by atoms with van der Waals surface area (Å²) >= 11 is 1.60. The van der Waals surface area contributed by atoms with Gasteiger partial charge in [0.05, 0.1) is 5.75 Å². The topological polar surface area (TPSA) is 32.9 Å².